The Morgan fingerprint density at radius 3 is 2.82 bits per heavy atom. The molecule has 2 aromatic heterocycles. The summed E-state index contributed by atoms with van der Waals surface area (Å²) in [5, 5.41) is 3.07. The number of aromatic nitrogens is 4. The third-order valence-corrected chi connectivity index (χ3v) is 2.90. The molecule has 0 aliphatic carbocycles. The minimum atomic E-state index is -0.432. The van der Waals surface area contributed by atoms with E-state index in [0.717, 1.165) is 0 Å². The van der Waals surface area contributed by atoms with Crippen LogP contribution in [-0.2, 0) is 4.74 Å². The first-order valence-corrected chi connectivity index (χ1v) is 6.87. The number of nitrogens with zero attached hydrogens (tertiary/aromatic N) is 4. The molecular formula is C14H18N6O2. The lowest BCUT2D eigenvalue weighted by Crippen LogP contribution is -2.15. The van der Waals surface area contributed by atoms with E-state index in [1.165, 1.54) is 6.20 Å². The summed E-state index contributed by atoms with van der Waals surface area (Å²) in [6.07, 6.45) is 3.03. The van der Waals surface area contributed by atoms with E-state index in [1.54, 1.807) is 26.1 Å². The van der Waals surface area contributed by atoms with E-state index in [1.807, 2.05) is 6.92 Å². The zero-order valence-electron chi connectivity index (χ0n) is 12.7. The van der Waals surface area contributed by atoms with Crippen LogP contribution in [0, 0.1) is 6.92 Å². The molecule has 116 valence electrons. The van der Waals surface area contributed by atoms with Crippen molar-refractivity contribution in [1.82, 2.24) is 19.9 Å². The van der Waals surface area contributed by atoms with Crippen LogP contribution in [0.4, 0.5) is 11.8 Å². The molecule has 8 heteroatoms. The largest absolute Gasteiger partial charge is 0.462 e. The fraction of sp³-hybridized carbons (Fsp3) is 0.357. The summed E-state index contributed by atoms with van der Waals surface area (Å²) in [5.41, 5.74) is 6.52. The summed E-state index contributed by atoms with van der Waals surface area (Å²) in [5.74, 6) is 0.881. The second kappa shape index (κ2) is 6.79. The molecule has 2 rings (SSSR count). The van der Waals surface area contributed by atoms with Gasteiger partial charge in [0.1, 0.15) is 5.82 Å². The van der Waals surface area contributed by atoms with Gasteiger partial charge in [-0.1, -0.05) is 0 Å². The van der Waals surface area contributed by atoms with Gasteiger partial charge >= 0.3 is 5.97 Å². The highest BCUT2D eigenvalue weighted by molar-refractivity contribution is 5.90. The van der Waals surface area contributed by atoms with Crippen molar-refractivity contribution in [3.63, 3.8) is 0 Å². The number of aryl methyl sites for hydroxylation is 1. The van der Waals surface area contributed by atoms with Gasteiger partial charge in [-0.3, -0.25) is 0 Å². The number of esters is 1. The zero-order valence-corrected chi connectivity index (χ0v) is 12.7. The first-order valence-electron chi connectivity index (χ1n) is 6.87. The topological polar surface area (TPSA) is 116 Å². The van der Waals surface area contributed by atoms with Gasteiger partial charge < -0.3 is 15.8 Å². The van der Waals surface area contributed by atoms with Crippen molar-refractivity contribution >= 4 is 17.7 Å². The lowest BCUT2D eigenvalue weighted by atomic mass is 10.2. The van der Waals surface area contributed by atoms with Gasteiger partial charge in [0.15, 0.2) is 5.82 Å². The zero-order chi connectivity index (χ0) is 16.1. The van der Waals surface area contributed by atoms with Crippen LogP contribution in [0.1, 0.15) is 41.8 Å². The smallest absolute Gasteiger partial charge is 0.341 e. The predicted octanol–water partition coefficient (Wildman–Crippen LogP) is 1.51. The van der Waals surface area contributed by atoms with Crippen molar-refractivity contribution in [3.05, 3.63) is 35.5 Å². The average molecular weight is 302 g/mol. The second-order valence-corrected chi connectivity index (χ2v) is 4.62. The van der Waals surface area contributed by atoms with Gasteiger partial charge in [0, 0.05) is 12.4 Å². The number of rotatable bonds is 5. The number of ether oxygens (including phenoxy) is 1. The minimum absolute atomic E-state index is 0.226. The molecule has 0 aromatic carbocycles. The Kier molecular flexibility index (Phi) is 4.82. The molecule has 8 nitrogen and oxygen atoms in total. The molecule has 22 heavy (non-hydrogen) atoms. The number of carbonyl (C=O) groups is 1. The summed E-state index contributed by atoms with van der Waals surface area (Å²) in [6.45, 7) is 5.65. The fourth-order valence-electron chi connectivity index (χ4n) is 1.80. The molecule has 3 N–H and O–H groups in total. The van der Waals surface area contributed by atoms with Gasteiger partial charge in [-0.05, 0) is 26.8 Å². The summed E-state index contributed by atoms with van der Waals surface area (Å²) in [6, 6.07) is 1.39. The highest BCUT2D eigenvalue weighted by Gasteiger charge is 2.15. The van der Waals surface area contributed by atoms with Crippen molar-refractivity contribution < 1.29 is 9.53 Å². The molecule has 0 aliphatic heterocycles. The Hall–Kier alpha value is -2.77. The monoisotopic (exact) mass is 302 g/mol. The summed E-state index contributed by atoms with van der Waals surface area (Å²) < 4.78 is 4.94. The fourth-order valence-corrected chi connectivity index (χ4v) is 1.80. The average Bonchev–Trinajstić information content (AvgIpc) is 2.47. The van der Waals surface area contributed by atoms with Crippen LogP contribution >= 0.6 is 0 Å². The normalized spacial score (nSPS) is 11.8. The van der Waals surface area contributed by atoms with Crippen molar-refractivity contribution in [1.29, 1.82) is 0 Å². The van der Waals surface area contributed by atoms with E-state index < -0.39 is 5.97 Å². The number of nitrogen functional groups attached to an aromatic ring is 1. The molecule has 0 saturated heterocycles. The molecule has 0 spiro atoms. The van der Waals surface area contributed by atoms with Crippen LogP contribution in [0.25, 0.3) is 0 Å². The van der Waals surface area contributed by atoms with Crippen LogP contribution in [0.2, 0.25) is 0 Å². The first-order chi connectivity index (χ1) is 10.5. The van der Waals surface area contributed by atoms with Crippen LogP contribution in [0.15, 0.2) is 18.5 Å². The van der Waals surface area contributed by atoms with Crippen LogP contribution in [0.5, 0.6) is 0 Å². The molecule has 0 saturated carbocycles. The minimum Gasteiger partial charge on any atom is -0.462 e. The molecule has 0 fully saturated rings. The number of hydrogen-bond acceptors (Lipinski definition) is 8. The highest BCUT2D eigenvalue weighted by Crippen LogP contribution is 2.15. The van der Waals surface area contributed by atoms with E-state index >= 15 is 0 Å². The predicted molar refractivity (Wildman–Crippen MR) is 81.2 cm³/mol. The van der Waals surface area contributed by atoms with E-state index in [-0.39, 0.29) is 6.04 Å². The summed E-state index contributed by atoms with van der Waals surface area (Å²) in [4.78, 5) is 28.4. The van der Waals surface area contributed by atoms with E-state index in [4.69, 9.17) is 10.5 Å². The van der Waals surface area contributed by atoms with Crippen LogP contribution < -0.4 is 11.1 Å². The van der Waals surface area contributed by atoms with Gasteiger partial charge in [-0.15, -0.1) is 0 Å². The van der Waals surface area contributed by atoms with Crippen molar-refractivity contribution in [2.75, 3.05) is 17.7 Å². The molecule has 0 unspecified atom stereocenters. The maximum absolute atomic E-state index is 11.7. The van der Waals surface area contributed by atoms with Gasteiger partial charge in [0.05, 0.1) is 23.9 Å². The highest BCUT2D eigenvalue weighted by atomic mass is 16.5. The van der Waals surface area contributed by atoms with Crippen molar-refractivity contribution in [2.45, 2.75) is 26.8 Å². The molecule has 2 heterocycles. The van der Waals surface area contributed by atoms with E-state index in [9.17, 15) is 4.79 Å². The molecule has 0 radical (unpaired) electrons. The number of nitrogens with two attached hydrogens (primary N) is 1. The molecule has 0 aliphatic rings. The lowest BCUT2D eigenvalue weighted by Gasteiger charge is -2.13. The Labute approximate surface area is 128 Å². The number of hydrogen-bond donors (Lipinski definition) is 2. The lowest BCUT2D eigenvalue weighted by molar-refractivity contribution is 0.0524. The second-order valence-electron chi connectivity index (χ2n) is 4.62. The Morgan fingerprint density at radius 1 is 1.41 bits per heavy atom. The third-order valence-electron chi connectivity index (χ3n) is 2.90. The SMILES string of the molecule is CCOC(=O)c1cnc(N[C@@H](C)c2nccc(N)n2)nc1C. The van der Waals surface area contributed by atoms with Crippen molar-refractivity contribution in [2.24, 2.45) is 0 Å². The van der Waals surface area contributed by atoms with Gasteiger partial charge in [0.25, 0.3) is 0 Å². The van der Waals surface area contributed by atoms with Crippen LogP contribution in [0.3, 0.4) is 0 Å². The van der Waals surface area contributed by atoms with E-state index in [0.29, 0.717) is 35.5 Å². The molecule has 0 amide bonds. The Balaban J connectivity index is 2.13. The van der Waals surface area contributed by atoms with E-state index in [2.05, 4.69) is 25.3 Å². The Bertz CT molecular complexity index is 676. The molecular weight excluding hydrogens is 284 g/mol. The van der Waals surface area contributed by atoms with Gasteiger partial charge in [-0.2, -0.15) is 0 Å². The standard InChI is InChI=1S/C14H18N6O2/c1-4-22-13(21)10-7-17-14(18-8(10)2)19-9(3)12-16-6-5-11(15)20-12/h5-7,9H,4H2,1-3H3,(H2,15,16,20)(H,17,18,19)/t9-/m0/s1. The number of carbonyl (C=O) groups excluding carboxylic acids is 1. The number of nitrogens with one attached hydrogen (secondary N) is 1. The Morgan fingerprint density at radius 2 is 2.18 bits per heavy atom. The summed E-state index contributed by atoms with van der Waals surface area (Å²) in [7, 11) is 0. The molecule has 2 aromatic rings. The van der Waals surface area contributed by atoms with Gasteiger partial charge in [-0.25, -0.2) is 24.7 Å². The summed E-state index contributed by atoms with van der Waals surface area (Å²) >= 11 is 0. The quantitative estimate of drug-likeness (QED) is 0.798. The molecule has 1 atom stereocenters. The third kappa shape index (κ3) is 3.66. The molecule has 0 bridgehead atoms. The maximum Gasteiger partial charge on any atom is 0.341 e. The van der Waals surface area contributed by atoms with Gasteiger partial charge in [0.2, 0.25) is 5.95 Å². The van der Waals surface area contributed by atoms with Crippen molar-refractivity contribution in [3.8, 4) is 0 Å². The maximum atomic E-state index is 11.7. The first kappa shape index (κ1) is 15.6. The number of anilines is 2. The van der Waals surface area contributed by atoms with Crippen LogP contribution in [-0.4, -0.2) is 32.5 Å².